The first kappa shape index (κ1) is 13.9. The van der Waals surface area contributed by atoms with Crippen molar-refractivity contribution >= 4 is 11.6 Å². The van der Waals surface area contributed by atoms with Crippen LogP contribution in [-0.4, -0.2) is 18.7 Å². The van der Waals surface area contributed by atoms with E-state index >= 15 is 0 Å². The van der Waals surface area contributed by atoms with Gasteiger partial charge >= 0.3 is 0 Å². The normalized spacial score (nSPS) is 21.6. The molecule has 4 nitrogen and oxygen atoms in total. The van der Waals surface area contributed by atoms with E-state index in [1.165, 1.54) is 5.56 Å². The summed E-state index contributed by atoms with van der Waals surface area (Å²) in [4.78, 5) is 12.1. The van der Waals surface area contributed by atoms with Gasteiger partial charge in [0.2, 0.25) is 5.91 Å². The predicted octanol–water partition coefficient (Wildman–Crippen LogP) is 2.63. The lowest BCUT2D eigenvalue weighted by molar-refractivity contribution is -0.129. The molecule has 0 radical (unpaired) electrons. The monoisotopic (exact) mass is 262 g/mol. The predicted molar refractivity (Wildman–Crippen MR) is 75.6 cm³/mol. The highest BCUT2D eigenvalue weighted by atomic mass is 16.5. The molecule has 0 aromatic heterocycles. The number of ether oxygens (including phenoxy) is 1. The largest absolute Gasteiger partial charge is 0.355 e. The lowest BCUT2D eigenvalue weighted by atomic mass is 9.91. The standard InChI is InChI=1S/C15H22N2O2/c1-5-10-19-14-15(3,4)13(18)16-17(14)12-8-6-11(2)7-9-12/h6-9,14H,5,10H2,1-4H3,(H,16,18)/t14-/m1/s1. The van der Waals surface area contributed by atoms with Crippen molar-refractivity contribution in [2.45, 2.75) is 40.3 Å². The quantitative estimate of drug-likeness (QED) is 0.907. The topological polar surface area (TPSA) is 41.6 Å². The summed E-state index contributed by atoms with van der Waals surface area (Å²) in [6.45, 7) is 8.58. The van der Waals surface area contributed by atoms with Crippen LogP contribution < -0.4 is 10.4 Å². The maximum Gasteiger partial charge on any atom is 0.248 e. The average molecular weight is 262 g/mol. The molecule has 0 saturated carbocycles. The first-order chi connectivity index (χ1) is 8.96. The van der Waals surface area contributed by atoms with E-state index in [1.807, 2.05) is 50.0 Å². The fourth-order valence-corrected chi connectivity index (χ4v) is 2.16. The number of rotatable bonds is 4. The molecule has 1 aromatic carbocycles. The molecule has 1 atom stereocenters. The van der Waals surface area contributed by atoms with Crippen LogP contribution in [-0.2, 0) is 9.53 Å². The second kappa shape index (κ2) is 5.21. The van der Waals surface area contributed by atoms with Gasteiger partial charge in [0.05, 0.1) is 11.1 Å². The second-order valence-corrected chi connectivity index (χ2v) is 5.59. The van der Waals surface area contributed by atoms with Gasteiger partial charge < -0.3 is 4.74 Å². The lowest BCUT2D eigenvalue weighted by Crippen LogP contribution is -2.42. The summed E-state index contributed by atoms with van der Waals surface area (Å²) in [5, 5.41) is 1.83. The van der Waals surface area contributed by atoms with Gasteiger partial charge in [-0.2, -0.15) is 0 Å². The number of hydrazine groups is 1. The van der Waals surface area contributed by atoms with Crippen LogP contribution in [0.2, 0.25) is 0 Å². The number of anilines is 1. The number of nitrogens with one attached hydrogen (secondary N) is 1. The molecular formula is C15H22N2O2. The highest BCUT2D eigenvalue weighted by Crippen LogP contribution is 2.34. The van der Waals surface area contributed by atoms with Gasteiger partial charge in [0.1, 0.15) is 0 Å². The Balaban J connectivity index is 2.27. The van der Waals surface area contributed by atoms with Crippen molar-refractivity contribution in [3.8, 4) is 0 Å². The maximum absolute atomic E-state index is 12.1. The molecule has 1 aliphatic rings. The molecule has 1 amide bonds. The van der Waals surface area contributed by atoms with E-state index in [2.05, 4.69) is 12.3 Å². The van der Waals surface area contributed by atoms with Crippen LogP contribution in [0.4, 0.5) is 5.69 Å². The van der Waals surface area contributed by atoms with E-state index in [-0.39, 0.29) is 12.1 Å². The molecule has 1 aromatic rings. The Bertz CT molecular complexity index is 454. The minimum Gasteiger partial charge on any atom is -0.355 e. The molecule has 1 saturated heterocycles. The Labute approximate surface area is 114 Å². The molecule has 4 heteroatoms. The van der Waals surface area contributed by atoms with Gasteiger partial charge in [-0.25, -0.2) is 0 Å². The second-order valence-electron chi connectivity index (χ2n) is 5.59. The van der Waals surface area contributed by atoms with Gasteiger partial charge in [-0.05, 0) is 39.3 Å². The molecule has 1 aliphatic heterocycles. The average Bonchev–Trinajstić information content (AvgIpc) is 2.59. The molecular weight excluding hydrogens is 240 g/mol. The number of aryl methyl sites for hydroxylation is 1. The van der Waals surface area contributed by atoms with Crippen molar-refractivity contribution < 1.29 is 9.53 Å². The molecule has 0 aliphatic carbocycles. The fraction of sp³-hybridized carbons (Fsp3) is 0.533. The summed E-state index contributed by atoms with van der Waals surface area (Å²) < 4.78 is 5.88. The number of carbonyl (C=O) groups is 1. The summed E-state index contributed by atoms with van der Waals surface area (Å²) >= 11 is 0. The molecule has 1 N–H and O–H groups in total. The van der Waals surface area contributed by atoms with E-state index < -0.39 is 5.41 Å². The zero-order chi connectivity index (χ0) is 14.0. The maximum atomic E-state index is 12.1. The smallest absolute Gasteiger partial charge is 0.248 e. The van der Waals surface area contributed by atoms with Crippen LogP contribution in [0.1, 0.15) is 32.8 Å². The Morgan fingerprint density at radius 3 is 2.53 bits per heavy atom. The molecule has 104 valence electrons. The highest BCUT2D eigenvalue weighted by Gasteiger charge is 2.48. The summed E-state index contributed by atoms with van der Waals surface area (Å²) in [5.74, 6) is -0.00539. The molecule has 1 heterocycles. The SMILES string of the molecule is CCCO[C@H]1N(c2ccc(C)cc2)NC(=O)C1(C)C. The van der Waals surface area contributed by atoms with Crippen molar-refractivity contribution in [1.29, 1.82) is 0 Å². The van der Waals surface area contributed by atoms with Crippen LogP contribution in [0.15, 0.2) is 24.3 Å². The van der Waals surface area contributed by atoms with Gasteiger partial charge in [-0.3, -0.25) is 15.2 Å². The fourth-order valence-electron chi connectivity index (χ4n) is 2.16. The Morgan fingerprint density at radius 1 is 1.32 bits per heavy atom. The van der Waals surface area contributed by atoms with Crippen molar-refractivity contribution in [3.63, 3.8) is 0 Å². The molecule has 1 fully saturated rings. The third-order valence-corrected chi connectivity index (χ3v) is 3.45. The van der Waals surface area contributed by atoms with Gasteiger partial charge in [0, 0.05) is 6.61 Å². The van der Waals surface area contributed by atoms with Gasteiger partial charge in [0.15, 0.2) is 6.23 Å². The van der Waals surface area contributed by atoms with E-state index in [9.17, 15) is 4.79 Å². The minimum absolute atomic E-state index is 0.00539. The van der Waals surface area contributed by atoms with E-state index in [0.717, 1.165) is 12.1 Å². The number of carbonyl (C=O) groups excluding carboxylic acids is 1. The van der Waals surface area contributed by atoms with Crippen LogP contribution in [0, 0.1) is 12.3 Å². The molecule has 0 unspecified atom stereocenters. The van der Waals surface area contributed by atoms with E-state index in [4.69, 9.17) is 4.74 Å². The van der Waals surface area contributed by atoms with Crippen molar-refractivity contribution in [2.75, 3.05) is 11.6 Å². The van der Waals surface area contributed by atoms with Crippen LogP contribution in [0.3, 0.4) is 0 Å². The van der Waals surface area contributed by atoms with E-state index in [1.54, 1.807) is 0 Å². The van der Waals surface area contributed by atoms with Gasteiger partial charge in [0.25, 0.3) is 0 Å². The summed E-state index contributed by atoms with van der Waals surface area (Å²) in [5.41, 5.74) is 4.50. The third-order valence-electron chi connectivity index (χ3n) is 3.45. The molecule has 2 rings (SSSR count). The number of nitrogens with zero attached hydrogens (tertiary/aromatic N) is 1. The Hall–Kier alpha value is -1.55. The van der Waals surface area contributed by atoms with Crippen molar-refractivity contribution in [3.05, 3.63) is 29.8 Å². The van der Waals surface area contributed by atoms with Crippen LogP contribution >= 0.6 is 0 Å². The van der Waals surface area contributed by atoms with Crippen molar-refractivity contribution in [1.82, 2.24) is 5.43 Å². The summed E-state index contributed by atoms with van der Waals surface area (Å²) in [6, 6.07) is 8.06. The van der Waals surface area contributed by atoms with Crippen LogP contribution in [0.25, 0.3) is 0 Å². The zero-order valence-corrected chi connectivity index (χ0v) is 12.1. The molecule has 0 spiro atoms. The van der Waals surface area contributed by atoms with Gasteiger partial charge in [-0.1, -0.05) is 24.6 Å². The van der Waals surface area contributed by atoms with Crippen LogP contribution in [0.5, 0.6) is 0 Å². The van der Waals surface area contributed by atoms with Gasteiger partial charge in [-0.15, -0.1) is 0 Å². The van der Waals surface area contributed by atoms with E-state index in [0.29, 0.717) is 6.61 Å². The number of hydrogen-bond acceptors (Lipinski definition) is 3. The minimum atomic E-state index is -0.555. The molecule has 19 heavy (non-hydrogen) atoms. The Morgan fingerprint density at radius 2 is 1.95 bits per heavy atom. The zero-order valence-electron chi connectivity index (χ0n) is 12.1. The first-order valence-electron chi connectivity index (χ1n) is 6.75. The summed E-state index contributed by atoms with van der Waals surface area (Å²) in [7, 11) is 0. The summed E-state index contributed by atoms with van der Waals surface area (Å²) in [6.07, 6.45) is 0.658. The Kier molecular flexibility index (Phi) is 3.80. The van der Waals surface area contributed by atoms with Crippen molar-refractivity contribution in [2.24, 2.45) is 5.41 Å². The highest BCUT2D eigenvalue weighted by molar-refractivity contribution is 5.87. The number of hydrogen-bond donors (Lipinski definition) is 1. The third kappa shape index (κ3) is 2.59. The number of benzene rings is 1. The first-order valence-corrected chi connectivity index (χ1v) is 6.75. The number of amides is 1. The molecule has 0 bridgehead atoms. The lowest BCUT2D eigenvalue weighted by Gasteiger charge is -2.30.